The fourth-order valence-corrected chi connectivity index (χ4v) is 2.52. The molecule has 1 aliphatic heterocycles. The highest BCUT2D eigenvalue weighted by Gasteiger charge is 2.27. The molecule has 6 nitrogen and oxygen atoms in total. The molecule has 120 valence electrons. The largest absolute Gasteiger partial charge is 0.490 e. The van der Waals surface area contributed by atoms with Gasteiger partial charge < -0.3 is 18.8 Å². The fourth-order valence-electron chi connectivity index (χ4n) is 2.52. The van der Waals surface area contributed by atoms with Crippen molar-refractivity contribution >= 4 is 5.91 Å². The Morgan fingerprint density at radius 1 is 1.30 bits per heavy atom. The molecule has 0 radical (unpaired) electrons. The molecule has 1 aromatic heterocycles. The van der Waals surface area contributed by atoms with E-state index < -0.39 is 0 Å². The monoisotopic (exact) mass is 315 g/mol. The lowest BCUT2D eigenvalue weighted by Crippen LogP contribution is -2.42. The zero-order valence-electron chi connectivity index (χ0n) is 12.7. The van der Waals surface area contributed by atoms with Crippen molar-refractivity contribution in [1.29, 1.82) is 0 Å². The molecule has 0 unspecified atom stereocenters. The third-order valence-electron chi connectivity index (χ3n) is 3.75. The Morgan fingerprint density at radius 3 is 2.78 bits per heavy atom. The molecule has 1 aromatic carbocycles. The molecule has 1 amide bonds. The Kier molecular flexibility index (Phi) is 4.43. The van der Waals surface area contributed by atoms with Gasteiger partial charge in [-0.2, -0.15) is 0 Å². The lowest BCUT2D eigenvalue weighted by Gasteiger charge is -2.32. The predicted octanol–water partition coefficient (Wildman–Crippen LogP) is 1.86. The second-order valence-corrected chi connectivity index (χ2v) is 5.20. The van der Waals surface area contributed by atoms with E-state index in [1.807, 2.05) is 30.3 Å². The van der Waals surface area contributed by atoms with E-state index in [0.717, 1.165) is 17.9 Å². The maximum Gasteiger partial charge on any atom is 0.289 e. The maximum absolute atomic E-state index is 12.5. The van der Waals surface area contributed by atoms with Crippen molar-refractivity contribution < 1.29 is 18.7 Å². The molecule has 23 heavy (non-hydrogen) atoms. The van der Waals surface area contributed by atoms with Crippen LogP contribution in [0.4, 0.5) is 0 Å². The molecule has 2 aromatic rings. The summed E-state index contributed by atoms with van der Waals surface area (Å²) in [5.74, 6) is -0.246. The number of hydrogen-bond donors (Lipinski definition) is 0. The van der Waals surface area contributed by atoms with E-state index in [9.17, 15) is 9.59 Å². The van der Waals surface area contributed by atoms with E-state index in [4.69, 9.17) is 13.9 Å². The van der Waals surface area contributed by atoms with Crippen LogP contribution in [0.15, 0.2) is 51.9 Å². The van der Waals surface area contributed by atoms with E-state index in [0.29, 0.717) is 19.7 Å². The van der Waals surface area contributed by atoms with Gasteiger partial charge in [0.25, 0.3) is 5.91 Å². The highest BCUT2D eigenvalue weighted by molar-refractivity contribution is 5.91. The summed E-state index contributed by atoms with van der Waals surface area (Å²) in [4.78, 5) is 25.9. The summed E-state index contributed by atoms with van der Waals surface area (Å²) < 4.78 is 15.8. The zero-order chi connectivity index (χ0) is 16.2. The van der Waals surface area contributed by atoms with Gasteiger partial charge in [-0.25, -0.2) is 0 Å². The van der Waals surface area contributed by atoms with Crippen molar-refractivity contribution in [1.82, 2.24) is 4.90 Å². The number of rotatable bonds is 3. The topological polar surface area (TPSA) is 69.0 Å². The number of morpholine rings is 1. The van der Waals surface area contributed by atoms with Crippen molar-refractivity contribution in [3.8, 4) is 5.75 Å². The molecule has 2 heterocycles. The second-order valence-electron chi connectivity index (χ2n) is 5.20. The van der Waals surface area contributed by atoms with Gasteiger partial charge in [0.05, 0.1) is 20.3 Å². The Morgan fingerprint density at radius 2 is 2.09 bits per heavy atom. The van der Waals surface area contributed by atoms with E-state index >= 15 is 0 Å². The summed E-state index contributed by atoms with van der Waals surface area (Å²) in [5.41, 5.74) is 0.635. The van der Waals surface area contributed by atoms with Crippen molar-refractivity contribution in [3.05, 3.63) is 64.2 Å². The smallest absolute Gasteiger partial charge is 0.289 e. The molecular formula is C17H17NO5. The number of carbonyl (C=O) groups is 1. The van der Waals surface area contributed by atoms with Gasteiger partial charge in [-0.15, -0.1) is 0 Å². The minimum atomic E-state index is -0.380. The number of benzene rings is 1. The van der Waals surface area contributed by atoms with Crippen molar-refractivity contribution in [2.75, 3.05) is 26.8 Å². The summed E-state index contributed by atoms with van der Waals surface area (Å²) in [5, 5.41) is 0. The van der Waals surface area contributed by atoms with Crippen molar-refractivity contribution in [2.45, 2.75) is 6.10 Å². The van der Waals surface area contributed by atoms with E-state index in [2.05, 4.69) is 0 Å². The SMILES string of the molecule is COc1coc(C(=O)N2CCO[C@H](c3ccccc3)C2)cc1=O. The van der Waals surface area contributed by atoms with Crippen LogP contribution in [0.25, 0.3) is 0 Å². The second kappa shape index (κ2) is 6.66. The van der Waals surface area contributed by atoms with E-state index in [1.54, 1.807) is 4.90 Å². The van der Waals surface area contributed by atoms with Crippen LogP contribution in [-0.2, 0) is 4.74 Å². The molecule has 1 atom stereocenters. The standard InChI is InChI=1S/C17H17NO5/c1-21-16-11-23-14(9-13(16)19)17(20)18-7-8-22-15(10-18)12-5-3-2-4-6-12/h2-6,9,11,15H,7-8,10H2,1H3/t15-/m0/s1. The highest BCUT2D eigenvalue weighted by Crippen LogP contribution is 2.23. The molecule has 6 heteroatoms. The Balaban J connectivity index is 1.77. The predicted molar refractivity (Wildman–Crippen MR) is 82.6 cm³/mol. The summed E-state index contributed by atoms with van der Waals surface area (Å²) in [6.45, 7) is 1.31. The Bertz CT molecular complexity index is 740. The van der Waals surface area contributed by atoms with Crippen LogP contribution in [0.2, 0.25) is 0 Å². The van der Waals surface area contributed by atoms with E-state index in [1.165, 1.54) is 7.11 Å². The quantitative estimate of drug-likeness (QED) is 0.865. The third-order valence-corrected chi connectivity index (χ3v) is 3.75. The van der Waals surface area contributed by atoms with Crippen LogP contribution in [0, 0.1) is 0 Å². The summed E-state index contributed by atoms with van der Waals surface area (Å²) >= 11 is 0. The van der Waals surface area contributed by atoms with Gasteiger partial charge in [0.2, 0.25) is 11.2 Å². The van der Waals surface area contributed by atoms with Gasteiger partial charge in [0.1, 0.15) is 12.4 Å². The summed E-state index contributed by atoms with van der Waals surface area (Å²) in [6, 6.07) is 10.9. The summed E-state index contributed by atoms with van der Waals surface area (Å²) in [7, 11) is 1.38. The van der Waals surface area contributed by atoms with Gasteiger partial charge >= 0.3 is 0 Å². The number of carbonyl (C=O) groups excluding carboxylic acids is 1. The molecule has 0 bridgehead atoms. The number of ether oxygens (including phenoxy) is 2. The van der Waals surface area contributed by atoms with Crippen LogP contribution in [0.5, 0.6) is 5.75 Å². The third kappa shape index (κ3) is 3.27. The van der Waals surface area contributed by atoms with Crippen LogP contribution in [0.1, 0.15) is 22.2 Å². The lowest BCUT2D eigenvalue weighted by atomic mass is 10.1. The first kappa shape index (κ1) is 15.3. The molecular weight excluding hydrogens is 298 g/mol. The van der Waals surface area contributed by atoms with Crippen molar-refractivity contribution in [2.24, 2.45) is 0 Å². The molecule has 0 spiro atoms. The average Bonchev–Trinajstić information content (AvgIpc) is 2.62. The number of amides is 1. The molecule has 1 saturated heterocycles. The first-order valence-corrected chi connectivity index (χ1v) is 7.31. The zero-order valence-corrected chi connectivity index (χ0v) is 12.7. The van der Waals surface area contributed by atoms with Crippen LogP contribution >= 0.6 is 0 Å². The van der Waals surface area contributed by atoms with Crippen LogP contribution in [0.3, 0.4) is 0 Å². The first-order chi connectivity index (χ1) is 11.2. The molecule has 1 fully saturated rings. The van der Waals surface area contributed by atoms with Crippen molar-refractivity contribution in [3.63, 3.8) is 0 Å². The number of hydrogen-bond acceptors (Lipinski definition) is 5. The van der Waals surface area contributed by atoms with Gasteiger partial charge in [0, 0.05) is 12.6 Å². The highest BCUT2D eigenvalue weighted by atomic mass is 16.5. The van der Waals surface area contributed by atoms with Gasteiger partial charge in [-0.05, 0) is 5.56 Å². The lowest BCUT2D eigenvalue weighted by molar-refractivity contribution is -0.0238. The maximum atomic E-state index is 12.5. The molecule has 3 rings (SSSR count). The summed E-state index contributed by atoms with van der Waals surface area (Å²) in [6.07, 6.45) is 0.976. The van der Waals surface area contributed by atoms with E-state index in [-0.39, 0.29) is 28.9 Å². The number of nitrogens with zero attached hydrogens (tertiary/aromatic N) is 1. The Labute approximate surface area is 133 Å². The fraction of sp³-hybridized carbons (Fsp3) is 0.294. The first-order valence-electron chi connectivity index (χ1n) is 7.31. The van der Waals surface area contributed by atoms with Gasteiger partial charge in [-0.3, -0.25) is 9.59 Å². The normalized spacial score (nSPS) is 17.8. The number of methoxy groups -OCH3 is 1. The minimum Gasteiger partial charge on any atom is -0.490 e. The van der Waals surface area contributed by atoms with Crippen LogP contribution in [-0.4, -0.2) is 37.6 Å². The van der Waals surface area contributed by atoms with Crippen LogP contribution < -0.4 is 10.2 Å². The minimum absolute atomic E-state index is 0.00418. The molecule has 0 N–H and O–H groups in total. The molecule has 0 aliphatic carbocycles. The molecule has 0 saturated carbocycles. The molecule has 1 aliphatic rings. The Hall–Kier alpha value is -2.60. The average molecular weight is 315 g/mol. The van der Waals surface area contributed by atoms with Gasteiger partial charge in [-0.1, -0.05) is 30.3 Å². The van der Waals surface area contributed by atoms with Gasteiger partial charge in [0.15, 0.2) is 5.76 Å².